The van der Waals surface area contributed by atoms with Gasteiger partial charge in [0.25, 0.3) is 11.8 Å². The molecule has 2 aliphatic rings. The van der Waals surface area contributed by atoms with Crippen LogP contribution in [0.25, 0.3) is 0 Å². The highest BCUT2D eigenvalue weighted by Crippen LogP contribution is 2.39. The summed E-state index contributed by atoms with van der Waals surface area (Å²) in [6.07, 6.45) is 0.987. The summed E-state index contributed by atoms with van der Waals surface area (Å²) in [6.45, 7) is 1.17. The van der Waals surface area contributed by atoms with E-state index in [0.29, 0.717) is 49.6 Å². The molecule has 3 aromatic carbocycles. The van der Waals surface area contributed by atoms with E-state index in [-0.39, 0.29) is 24.3 Å². The van der Waals surface area contributed by atoms with Crippen molar-refractivity contribution in [2.24, 2.45) is 0 Å². The summed E-state index contributed by atoms with van der Waals surface area (Å²) in [6, 6.07) is 26.1. The number of likely N-dealkylation sites (tertiary alicyclic amines) is 1. The van der Waals surface area contributed by atoms with E-state index in [9.17, 15) is 14.4 Å². The van der Waals surface area contributed by atoms with Crippen LogP contribution in [-0.2, 0) is 9.59 Å². The predicted octanol–water partition coefficient (Wildman–Crippen LogP) is 3.62. The van der Waals surface area contributed by atoms with Crippen LogP contribution in [-0.4, -0.2) is 66.5 Å². The number of nitrogens with zero attached hydrogens (tertiary/aromatic N) is 3. The van der Waals surface area contributed by atoms with Gasteiger partial charge in [0.15, 0.2) is 0 Å². The molecule has 37 heavy (non-hydrogen) atoms. The lowest BCUT2D eigenvalue weighted by Gasteiger charge is -2.43. The molecule has 190 valence electrons. The molecule has 0 unspecified atom stereocenters. The van der Waals surface area contributed by atoms with Crippen molar-refractivity contribution in [2.75, 3.05) is 43.6 Å². The summed E-state index contributed by atoms with van der Waals surface area (Å²) >= 11 is 0. The maximum Gasteiger partial charge on any atom is 0.253 e. The number of amides is 3. The molecule has 3 amide bonds. The number of hydrogen-bond acceptors (Lipinski definition) is 5. The Bertz CT molecular complexity index is 1270. The molecule has 2 heterocycles. The van der Waals surface area contributed by atoms with Crippen LogP contribution < -0.4 is 15.0 Å². The fourth-order valence-corrected chi connectivity index (χ4v) is 5.24. The molecule has 1 spiro atoms. The molecule has 8 nitrogen and oxygen atoms in total. The van der Waals surface area contributed by atoms with Gasteiger partial charge in [0.1, 0.15) is 17.8 Å². The van der Waals surface area contributed by atoms with Crippen molar-refractivity contribution in [1.82, 2.24) is 9.80 Å². The van der Waals surface area contributed by atoms with Gasteiger partial charge in [0, 0.05) is 36.1 Å². The number of carbonyl (C=O) groups excluding carboxylic acids is 3. The van der Waals surface area contributed by atoms with Gasteiger partial charge < -0.3 is 24.8 Å². The van der Waals surface area contributed by atoms with Crippen LogP contribution in [0.5, 0.6) is 5.75 Å². The van der Waals surface area contributed by atoms with E-state index in [0.717, 1.165) is 5.69 Å². The third-order valence-corrected chi connectivity index (χ3v) is 7.17. The van der Waals surface area contributed by atoms with Gasteiger partial charge >= 0.3 is 0 Å². The van der Waals surface area contributed by atoms with Crippen molar-refractivity contribution in [1.29, 1.82) is 0 Å². The van der Waals surface area contributed by atoms with E-state index in [1.807, 2.05) is 65.6 Å². The Labute approximate surface area is 216 Å². The van der Waals surface area contributed by atoms with E-state index >= 15 is 0 Å². The lowest BCUT2D eigenvalue weighted by atomic mass is 9.85. The van der Waals surface area contributed by atoms with Gasteiger partial charge in [-0.3, -0.25) is 14.4 Å². The second kappa shape index (κ2) is 10.3. The molecular formula is C29H30N4O4. The second-order valence-corrected chi connectivity index (χ2v) is 9.38. The lowest BCUT2D eigenvalue weighted by molar-refractivity contribution is -0.136. The van der Waals surface area contributed by atoms with Crippen LogP contribution in [0.3, 0.4) is 0 Å². The molecule has 0 atom stereocenters. The summed E-state index contributed by atoms with van der Waals surface area (Å²) < 4.78 is 5.23. The van der Waals surface area contributed by atoms with Crippen LogP contribution >= 0.6 is 0 Å². The van der Waals surface area contributed by atoms with Crippen LogP contribution in [0.1, 0.15) is 23.2 Å². The number of hydrogen-bond donors (Lipinski definition) is 1. The molecule has 0 aromatic heterocycles. The number of rotatable bonds is 6. The third kappa shape index (κ3) is 4.87. The van der Waals surface area contributed by atoms with Gasteiger partial charge in [0.2, 0.25) is 5.91 Å². The molecule has 2 aliphatic heterocycles. The van der Waals surface area contributed by atoms with Crippen molar-refractivity contribution < 1.29 is 19.1 Å². The lowest BCUT2D eigenvalue weighted by Crippen LogP contribution is -2.57. The molecule has 1 N–H and O–H groups in total. The summed E-state index contributed by atoms with van der Waals surface area (Å²) in [5.74, 6) is 0.259. The number of methoxy groups -OCH3 is 1. The Morgan fingerprint density at radius 2 is 1.59 bits per heavy atom. The quantitative estimate of drug-likeness (QED) is 0.562. The van der Waals surface area contributed by atoms with Crippen molar-refractivity contribution in [3.63, 3.8) is 0 Å². The van der Waals surface area contributed by atoms with Crippen LogP contribution in [0.15, 0.2) is 84.9 Å². The fraction of sp³-hybridized carbons (Fsp3) is 0.276. The van der Waals surface area contributed by atoms with E-state index in [4.69, 9.17) is 4.74 Å². The Balaban J connectivity index is 1.33. The number of para-hydroxylation sites is 1. The fourth-order valence-electron chi connectivity index (χ4n) is 5.24. The summed E-state index contributed by atoms with van der Waals surface area (Å²) in [5, 5.41) is 2.87. The largest absolute Gasteiger partial charge is 0.497 e. The summed E-state index contributed by atoms with van der Waals surface area (Å²) in [5.41, 5.74) is 1.38. The molecule has 8 heteroatoms. The molecule has 2 saturated heterocycles. The monoisotopic (exact) mass is 498 g/mol. The zero-order valence-electron chi connectivity index (χ0n) is 20.8. The Kier molecular flexibility index (Phi) is 6.81. The maximum atomic E-state index is 13.9. The first kappa shape index (κ1) is 24.4. The van der Waals surface area contributed by atoms with Gasteiger partial charge in [-0.05, 0) is 49.2 Å². The van der Waals surface area contributed by atoms with Gasteiger partial charge in [-0.1, -0.05) is 42.5 Å². The summed E-state index contributed by atoms with van der Waals surface area (Å²) in [7, 11) is 1.57. The van der Waals surface area contributed by atoms with Gasteiger partial charge in [0.05, 0.1) is 13.8 Å². The van der Waals surface area contributed by atoms with Gasteiger partial charge in [-0.25, -0.2) is 0 Å². The molecule has 5 rings (SSSR count). The van der Waals surface area contributed by atoms with Gasteiger partial charge in [-0.15, -0.1) is 0 Å². The SMILES string of the molecule is COc1cccc(NC(=O)CN2CN(c3ccccc3)C3(CCN(C(=O)c4ccccc4)CC3)C2=O)c1. The van der Waals surface area contributed by atoms with E-state index in [2.05, 4.69) is 10.2 Å². The number of carbonyl (C=O) groups is 3. The average molecular weight is 499 g/mol. The topological polar surface area (TPSA) is 82.2 Å². The van der Waals surface area contributed by atoms with E-state index < -0.39 is 5.54 Å². The van der Waals surface area contributed by atoms with Crippen LogP contribution in [0.4, 0.5) is 11.4 Å². The highest BCUT2D eigenvalue weighted by Gasteiger charge is 2.54. The first-order valence-electron chi connectivity index (χ1n) is 12.4. The molecule has 0 radical (unpaired) electrons. The van der Waals surface area contributed by atoms with E-state index in [1.54, 1.807) is 36.3 Å². The predicted molar refractivity (Wildman–Crippen MR) is 141 cm³/mol. The molecular weight excluding hydrogens is 468 g/mol. The minimum absolute atomic E-state index is 0.0262. The smallest absolute Gasteiger partial charge is 0.253 e. The number of piperidine rings is 1. The van der Waals surface area contributed by atoms with Crippen molar-refractivity contribution >= 4 is 29.1 Å². The Morgan fingerprint density at radius 3 is 2.27 bits per heavy atom. The van der Waals surface area contributed by atoms with Crippen molar-refractivity contribution in [3.05, 3.63) is 90.5 Å². The standard InChI is InChI=1S/C29H30N4O4/c1-37-25-14-8-11-23(19-25)30-26(34)20-32-21-33(24-12-6-3-7-13-24)29(28(32)36)15-17-31(18-16-29)27(35)22-9-4-2-5-10-22/h2-14,19H,15-18,20-21H2,1H3,(H,30,34). The minimum Gasteiger partial charge on any atom is -0.497 e. The highest BCUT2D eigenvalue weighted by atomic mass is 16.5. The molecule has 0 saturated carbocycles. The summed E-state index contributed by atoms with van der Waals surface area (Å²) in [4.78, 5) is 45.3. The average Bonchev–Trinajstić information content (AvgIpc) is 3.20. The number of benzene rings is 3. The van der Waals surface area contributed by atoms with Crippen molar-refractivity contribution in [3.8, 4) is 5.75 Å². The number of ether oxygens (including phenoxy) is 1. The normalized spacial score (nSPS) is 16.7. The van der Waals surface area contributed by atoms with Crippen LogP contribution in [0, 0.1) is 0 Å². The maximum absolute atomic E-state index is 13.9. The Morgan fingerprint density at radius 1 is 0.919 bits per heavy atom. The first-order valence-corrected chi connectivity index (χ1v) is 12.4. The van der Waals surface area contributed by atoms with E-state index in [1.165, 1.54) is 0 Å². The third-order valence-electron chi connectivity index (χ3n) is 7.17. The number of nitrogens with one attached hydrogen (secondary N) is 1. The molecule has 3 aromatic rings. The zero-order valence-corrected chi connectivity index (χ0v) is 20.8. The molecule has 0 bridgehead atoms. The zero-order chi connectivity index (χ0) is 25.8. The second-order valence-electron chi connectivity index (χ2n) is 9.38. The van der Waals surface area contributed by atoms with Gasteiger partial charge in [-0.2, -0.15) is 0 Å². The number of anilines is 2. The molecule has 0 aliphatic carbocycles. The highest BCUT2D eigenvalue weighted by molar-refractivity contribution is 6.00. The Hall–Kier alpha value is -4.33. The first-order chi connectivity index (χ1) is 18.0. The molecule has 2 fully saturated rings. The van der Waals surface area contributed by atoms with Crippen LogP contribution in [0.2, 0.25) is 0 Å². The van der Waals surface area contributed by atoms with Crippen molar-refractivity contribution in [2.45, 2.75) is 18.4 Å². The minimum atomic E-state index is -0.801.